The maximum atomic E-state index is 12.4. The van der Waals surface area contributed by atoms with Crippen LogP contribution in [0.15, 0.2) is 41.2 Å². The Morgan fingerprint density at radius 2 is 1.84 bits per heavy atom. The van der Waals surface area contributed by atoms with E-state index < -0.39 is 0 Å². The average molecular weight is 360 g/mol. The van der Waals surface area contributed by atoms with Gasteiger partial charge >= 0.3 is 0 Å². The summed E-state index contributed by atoms with van der Waals surface area (Å²) in [6.07, 6.45) is 2.20. The van der Waals surface area contributed by atoms with Crippen LogP contribution in [0.4, 0.5) is 0 Å². The van der Waals surface area contributed by atoms with Gasteiger partial charge in [0.1, 0.15) is 0 Å². The SMILES string of the molecule is Cc1ccc(=O)n(CC2CCN(C(=O)Cc3ccc(Cl)cc3)CC2)n1. The number of rotatable bonds is 4. The molecule has 0 unspecified atom stereocenters. The normalized spacial score (nSPS) is 15.4. The zero-order valence-electron chi connectivity index (χ0n) is 14.3. The summed E-state index contributed by atoms with van der Waals surface area (Å²) in [6.45, 7) is 3.98. The Kier molecular flexibility index (Phi) is 5.53. The van der Waals surface area contributed by atoms with Gasteiger partial charge in [-0.3, -0.25) is 9.59 Å². The quantitative estimate of drug-likeness (QED) is 0.843. The van der Waals surface area contributed by atoms with Crippen molar-refractivity contribution >= 4 is 17.5 Å². The molecule has 1 aromatic carbocycles. The van der Waals surface area contributed by atoms with E-state index in [1.807, 2.05) is 36.1 Å². The number of piperidine rings is 1. The number of carbonyl (C=O) groups excluding carboxylic acids is 1. The van der Waals surface area contributed by atoms with Gasteiger partial charge in [0.05, 0.1) is 12.1 Å². The molecular formula is C19H22ClN3O2. The topological polar surface area (TPSA) is 55.2 Å². The van der Waals surface area contributed by atoms with E-state index in [0.29, 0.717) is 23.9 Å². The summed E-state index contributed by atoms with van der Waals surface area (Å²) in [5, 5.41) is 4.97. The second-order valence-electron chi connectivity index (χ2n) is 6.62. The summed E-state index contributed by atoms with van der Waals surface area (Å²) >= 11 is 5.88. The van der Waals surface area contributed by atoms with E-state index in [9.17, 15) is 9.59 Å². The third-order valence-electron chi connectivity index (χ3n) is 4.67. The molecule has 0 atom stereocenters. The molecule has 1 aliphatic heterocycles. The first-order valence-corrected chi connectivity index (χ1v) is 8.96. The van der Waals surface area contributed by atoms with Crippen LogP contribution in [-0.4, -0.2) is 33.7 Å². The van der Waals surface area contributed by atoms with Gasteiger partial charge in [0.2, 0.25) is 5.91 Å². The van der Waals surface area contributed by atoms with Crippen molar-refractivity contribution in [2.24, 2.45) is 5.92 Å². The summed E-state index contributed by atoms with van der Waals surface area (Å²) < 4.78 is 1.55. The number of hydrogen-bond donors (Lipinski definition) is 0. The van der Waals surface area contributed by atoms with Gasteiger partial charge in [0.25, 0.3) is 5.56 Å². The molecular weight excluding hydrogens is 338 g/mol. The molecule has 1 fully saturated rings. The molecule has 0 radical (unpaired) electrons. The smallest absolute Gasteiger partial charge is 0.266 e. The van der Waals surface area contributed by atoms with Crippen molar-refractivity contribution in [1.29, 1.82) is 0 Å². The fourth-order valence-electron chi connectivity index (χ4n) is 3.18. The number of halogens is 1. The predicted octanol–water partition coefficient (Wildman–Crippen LogP) is 2.69. The number of nitrogens with zero attached hydrogens (tertiary/aromatic N) is 3. The molecule has 1 saturated heterocycles. The maximum Gasteiger partial charge on any atom is 0.266 e. The first-order chi connectivity index (χ1) is 12.0. The number of benzene rings is 1. The van der Waals surface area contributed by atoms with Crippen molar-refractivity contribution < 1.29 is 4.79 Å². The van der Waals surface area contributed by atoms with E-state index in [-0.39, 0.29) is 11.5 Å². The highest BCUT2D eigenvalue weighted by atomic mass is 35.5. The van der Waals surface area contributed by atoms with Crippen molar-refractivity contribution in [3.05, 3.63) is 63.0 Å². The fraction of sp³-hybridized carbons (Fsp3) is 0.421. The van der Waals surface area contributed by atoms with E-state index in [2.05, 4.69) is 5.10 Å². The van der Waals surface area contributed by atoms with Crippen molar-refractivity contribution in [1.82, 2.24) is 14.7 Å². The zero-order chi connectivity index (χ0) is 17.8. The van der Waals surface area contributed by atoms with Gasteiger partial charge in [0, 0.05) is 30.7 Å². The van der Waals surface area contributed by atoms with Gasteiger partial charge in [-0.05, 0) is 49.4 Å². The third-order valence-corrected chi connectivity index (χ3v) is 4.92. The lowest BCUT2D eigenvalue weighted by molar-refractivity contribution is -0.131. The summed E-state index contributed by atoms with van der Waals surface area (Å²) in [6, 6.07) is 10.7. The van der Waals surface area contributed by atoms with Crippen LogP contribution in [0.3, 0.4) is 0 Å². The molecule has 6 heteroatoms. The molecule has 0 bridgehead atoms. The molecule has 132 valence electrons. The number of aryl methyl sites for hydroxylation is 1. The van der Waals surface area contributed by atoms with Crippen LogP contribution in [0.25, 0.3) is 0 Å². The molecule has 0 N–H and O–H groups in total. The molecule has 0 aliphatic carbocycles. The Hall–Kier alpha value is -2.14. The van der Waals surface area contributed by atoms with Gasteiger partial charge in [-0.25, -0.2) is 4.68 Å². The minimum absolute atomic E-state index is 0.0631. The number of hydrogen-bond acceptors (Lipinski definition) is 3. The van der Waals surface area contributed by atoms with Gasteiger partial charge in [-0.15, -0.1) is 0 Å². The van der Waals surface area contributed by atoms with Gasteiger partial charge < -0.3 is 4.90 Å². The van der Waals surface area contributed by atoms with Crippen LogP contribution in [-0.2, 0) is 17.8 Å². The van der Waals surface area contributed by atoms with Gasteiger partial charge in [-0.1, -0.05) is 23.7 Å². The Bertz CT molecular complexity index is 793. The van der Waals surface area contributed by atoms with Crippen molar-refractivity contribution in [3.8, 4) is 0 Å². The predicted molar refractivity (Wildman–Crippen MR) is 97.7 cm³/mol. The Balaban J connectivity index is 1.52. The summed E-state index contributed by atoms with van der Waals surface area (Å²) in [5.74, 6) is 0.526. The molecule has 1 aliphatic rings. The lowest BCUT2D eigenvalue weighted by Gasteiger charge is -2.32. The number of carbonyl (C=O) groups is 1. The highest BCUT2D eigenvalue weighted by Gasteiger charge is 2.23. The highest BCUT2D eigenvalue weighted by molar-refractivity contribution is 6.30. The van der Waals surface area contributed by atoms with Crippen molar-refractivity contribution in [2.75, 3.05) is 13.1 Å². The molecule has 1 amide bonds. The summed E-state index contributed by atoms with van der Waals surface area (Å²) in [7, 11) is 0. The van der Waals surface area contributed by atoms with Crippen molar-refractivity contribution in [3.63, 3.8) is 0 Å². The molecule has 0 saturated carbocycles. The van der Waals surface area contributed by atoms with Crippen LogP contribution in [0.5, 0.6) is 0 Å². The van der Waals surface area contributed by atoms with E-state index in [1.54, 1.807) is 16.8 Å². The highest BCUT2D eigenvalue weighted by Crippen LogP contribution is 2.19. The summed E-state index contributed by atoms with van der Waals surface area (Å²) in [4.78, 5) is 26.2. The van der Waals surface area contributed by atoms with E-state index in [4.69, 9.17) is 11.6 Å². The summed E-state index contributed by atoms with van der Waals surface area (Å²) in [5.41, 5.74) is 1.76. The van der Waals surface area contributed by atoms with E-state index in [1.165, 1.54) is 0 Å². The monoisotopic (exact) mass is 359 g/mol. The zero-order valence-corrected chi connectivity index (χ0v) is 15.1. The second-order valence-corrected chi connectivity index (χ2v) is 7.06. The van der Waals surface area contributed by atoms with E-state index in [0.717, 1.165) is 37.2 Å². The number of likely N-dealkylation sites (tertiary alicyclic amines) is 1. The van der Waals surface area contributed by atoms with E-state index >= 15 is 0 Å². The van der Waals surface area contributed by atoms with Crippen LogP contribution in [0, 0.1) is 12.8 Å². The molecule has 2 aromatic rings. The number of aromatic nitrogens is 2. The molecule has 2 heterocycles. The molecule has 1 aromatic heterocycles. The largest absolute Gasteiger partial charge is 0.342 e. The molecule has 5 nitrogen and oxygen atoms in total. The molecule has 0 spiro atoms. The fourth-order valence-corrected chi connectivity index (χ4v) is 3.31. The van der Waals surface area contributed by atoms with Crippen molar-refractivity contribution in [2.45, 2.75) is 32.7 Å². The number of amides is 1. The second kappa shape index (κ2) is 7.83. The van der Waals surface area contributed by atoms with Crippen LogP contribution in [0.2, 0.25) is 5.02 Å². The Morgan fingerprint density at radius 1 is 1.16 bits per heavy atom. The van der Waals surface area contributed by atoms with Crippen LogP contribution in [0.1, 0.15) is 24.1 Å². The first kappa shape index (κ1) is 17.7. The van der Waals surface area contributed by atoms with Gasteiger partial charge in [0.15, 0.2) is 0 Å². The third kappa shape index (κ3) is 4.69. The minimum Gasteiger partial charge on any atom is -0.342 e. The Labute approximate surface area is 152 Å². The van der Waals surface area contributed by atoms with Crippen LogP contribution < -0.4 is 5.56 Å². The minimum atomic E-state index is -0.0631. The van der Waals surface area contributed by atoms with Crippen LogP contribution >= 0.6 is 11.6 Å². The maximum absolute atomic E-state index is 12.4. The lowest BCUT2D eigenvalue weighted by Crippen LogP contribution is -2.41. The average Bonchev–Trinajstić information content (AvgIpc) is 2.61. The first-order valence-electron chi connectivity index (χ1n) is 8.58. The lowest BCUT2D eigenvalue weighted by atomic mass is 9.96. The molecule has 3 rings (SSSR count). The Morgan fingerprint density at radius 3 is 2.52 bits per heavy atom. The standard InChI is InChI=1S/C19H22ClN3O2/c1-14-2-7-18(24)23(21-14)13-16-8-10-22(11-9-16)19(25)12-15-3-5-17(20)6-4-15/h2-7,16H,8-13H2,1H3. The van der Waals surface area contributed by atoms with Gasteiger partial charge in [-0.2, -0.15) is 5.10 Å². The molecule has 25 heavy (non-hydrogen) atoms.